The van der Waals surface area contributed by atoms with Crippen LogP contribution < -0.4 is 0 Å². The van der Waals surface area contributed by atoms with Crippen molar-refractivity contribution in [1.82, 2.24) is 0 Å². The van der Waals surface area contributed by atoms with Gasteiger partial charge in [0.25, 0.3) is 0 Å². The molecule has 2 N–H and O–H groups in total. The van der Waals surface area contributed by atoms with Gasteiger partial charge in [-0.25, -0.2) is 8.88 Å². The van der Waals surface area contributed by atoms with Gasteiger partial charge in [0, 0.05) is 10.5 Å². The maximum absolute atomic E-state index is 13.0. The average Bonchev–Trinajstić information content (AvgIpc) is 2.38. The van der Waals surface area contributed by atoms with Gasteiger partial charge in [-0.1, -0.05) is 61.3 Å². The lowest BCUT2D eigenvalue weighted by Crippen LogP contribution is -2.10. The SMILES string of the molecule is O=P(O)(O)OP(=O)(SC1CCCCC1)SC1CCCCC1. The van der Waals surface area contributed by atoms with E-state index in [0.29, 0.717) is 0 Å². The Morgan fingerprint density at radius 2 is 1.14 bits per heavy atom. The third-order valence-corrected chi connectivity index (χ3v) is 13.7. The average molecular weight is 374 g/mol. The molecule has 2 aliphatic carbocycles. The van der Waals surface area contributed by atoms with Crippen molar-refractivity contribution in [3.8, 4) is 0 Å². The molecule has 0 aromatic rings. The van der Waals surface area contributed by atoms with Crippen LogP contribution in [0.2, 0.25) is 0 Å². The molecule has 2 fully saturated rings. The molecule has 5 nitrogen and oxygen atoms in total. The molecule has 0 amide bonds. The molecule has 0 aromatic heterocycles. The second-order valence-corrected chi connectivity index (χ2v) is 14.9. The highest BCUT2D eigenvalue weighted by molar-refractivity contribution is 8.89. The van der Waals surface area contributed by atoms with E-state index in [-0.39, 0.29) is 10.5 Å². The standard InChI is InChI=1S/C12H24O5P2S2/c13-18(14,15)17-19(16,20-11-7-3-1-4-8-11)21-12-9-5-2-6-10-12/h11-12H,1-10H2,(H2,13,14,15). The lowest BCUT2D eigenvalue weighted by atomic mass is 10.0. The number of rotatable bonds is 6. The van der Waals surface area contributed by atoms with Gasteiger partial charge in [-0.3, -0.25) is 4.57 Å². The molecule has 0 unspecified atom stereocenters. The summed E-state index contributed by atoms with van der Waals surface area (Å²) in [6.07, 6.45) is 10.6. The van der Waals surface area contributed by atoms with E-state index in [1.807, 2.05) is 0 Å². The Morgan fingerprint density at radius 1 is 0.762 bits per heavy atom. The molecule has 0 aliphatic heterocycles. The van der Waals surface area contributed by atoms with E-state index >= 15 is 0 Å². The van der Waals surface area contributed by atoms with Crippen molar-refractivity contribution in [3.63, 3.8) is 0 Å². The van der Waals surface area contributed by atoms with Gasteiger partial charge in [-0.15, -0.1) is 0 Å². The fourth-order valence-electron chi connectivity index (χ4n) is 2.90. The Labute approximate surface area is 134 Å². The molecule has 0 spiro atoms. The zero-order valence-electron chi connectivity index (χ0n) is 12.1. The third-order valence-electron chi connectivity index (χ3n) is 3.87. The van der Waals surface area contributed by atoms with Crippen molar-refractivity contribution >= 4 is 36.4 Å². The van der Waals surface area contributed by atoms with Gasteiger partial charge in [0.1, 0.15) is 0 Å². The summed E-state index contributed by atoms with van der Waals surface area (Å²) in [7, 11) is -4.73. The summed E-state index contributed by atoms with van der Waals surface area (Å²) in [5.41, 5.74) is 0. The van der Waals surface area contributed by atoms with Crippen molar-refractivity contribution < 1.29 is 23.2 Å². The molecule has 0 radical (unpaired) electrons. The van der Waals surface area contributed by atoms with E-state index < -0.39 is 13.6 Å². The summed E-state index contributed by atoms with van der Waals surface area (Å²) in [6.45, 7) is 0. The highest BCUT2D eigenvalue weighted by atomic mass is 33.1. The highest BCUT2D eigenvalue weighted by Crippen LogP contribution is 2.78. The Hall–Kier alpha value is 1.04. The van der Waals surface area contributed by atoms with Gasteiger partial charge >= 0.3 is 13.6 Å². The zero-order chi connectivity index (χ0) is 15.3. The Bertz CT molecular complexity index is 392. The van der Waals surface area contributed by atoms with Gasteiger partial charge in [0.2, 0.25) is 0 Å². The minimum atomic E-state index is -4.73. The summed E-state index contributed by atoms with van der Waals surface area (Å²) in [5, 5.41) is 0.402. The predicted molar refractivity (Wildman–Crippen MR) is 89.7 cm³/mol. The first-order valence-corrected chi connectivity index (χ1v) is 13.7. The maximum atomic E-state index is 13.0. The topological polar surface area (TPSA) is 83.8 Å². The van der Waals surface area contributed by atoms with Crippen molar-refractivity contribution in [2.24, 2.45) is 0 Å². The molecule has 0 bridgehead atoms. The van der Waals surface area contributed by atoms with Crippen LogP contribution in [0.4, 0.5) is 0 Å². The van der Waals surface area contributed by atoms with Gasteiger partial charge in [-0.05, 0) is 25.7 Å². The van der Waals surface area contributed by atoms with Crippen molar-refractivity contribution in [2.45, 2.75) is 74.7 Å². The molecule has 2 aliphatic rings. The molecule has 21 heavy (non-hydrogen) atoms. The molecule has 2 rings (SSSR count). The van der Waals surface area contributed by atoms with Gasteiger partial charge in [-0.2, -0.15) is 0 Å². The smallest absolute Gasteiger partial charge is 0.302 e. The Morgan fingerprint density at radius 3 is 1.48 bits per heavy atom. The van der Waals surface area contributed by atoms with Crippen molar-refractivity contribution in [1.29, 1.82) is 0 Å². The van der Waals surface area contributed by atoms with Crippen LogP contribution in [0.25, 0.3) is 0 Å². The fraction of sp³-hybridized carbons (Fsp3) is 1.00. The molecule has 0 heterocycles. The Kier molecular flexibility index (Phi) is 7.20. The summed E-state index contributed by atoms with van der Waals surface area (Å²) < 4.78 is 29.0. The largest absolute Gasteiger partial charge is 0.476 e. The molecule has 2 saturated carbocycles. The van der Waals surface area contributed by atoms with E-state index in [1.54, 1.807) is 0 Å². The second kappa shape index (κ2) is 8.23. The van der Waals surface area contributed by atoms with E-state index in [9.17, 15) is 9.13 Å². The third kappa shape index (κ3) is 6.99. The summed E-state index contributed by atoms with van der Waals surface area (Å²) in [6, 6.07) is 0. The molecule has 124 valence electrons. The van der Waals surface area contributed by atoms with Crippen molar-refractivity contribution in [3.05, 3.63) is 0 Å². The molecule has 0 aromatic carbocycles. The van der Waals surface area contributed by atoms with Gasteiger partial charge in [0.05, 0.1) is 0 Å². The minimum Gasteiger partial charge on any atom is -0.302 e. The molecule has 0 saturated heterocycles. The fourth-order valence-corrected chi connectivity index (χ4v) is 14.6. The first-order chi connectivity index (χ1) is 9.86. The van der Waals surface area contributed by atoms with Crippen LogP contribution in [0, 0.1) is 0 Å². The molecular weight excluding hydrogens is 350 g/mol. The van der Waals surface area contributed by atoms with Gasteiger partial charge in [0.15, 0.2) is 0 Å². The number of hydrogen-bond acceptors (Lipinski definition) is 5. The van der Waals surface area contributed by atoms with Crippen LogP contribution in [0.3, 0.4) is 0 Å². The van der Waals surface area contributed by atoms with E-state index in [0.717, 1.165) is 51.4 Å². The predicted octanol–water partition coefficient (Wildman–Crippen LogP) is 5.34. The van der Waals surface area contributed by atoms with Crippen LogP contribution in [-0.4, -0.2) is 20.3 Å². The second-order valence-electron chi connectivity index (χ2n) is 5.75. The highest BCUT2D eigenvalue weighted by Gasteiger charge is 2.39. The first kappa shape index (κ1) is 18.4. The lowest BCUT2D eigenvalue weighted by molar-refractivity contribution is 0.289. The molecule has 9 heteroatoms. The van der Waals surface area contributed by atoms with E-state index in [1.165, 1.54) is 35.6 Å². The lowest BCUT2D eigenvalue weighted by Gasteiger charge is -2.29. The van der Waals surface area contributed by atoms with E-state index in [2.05, 4.69) is 0 Å². The van der Waals surface area contributed by atoms with E-state index in [4.69, 9.17) is 14.1 Å². The monoisotopic (exact) mass is 374 g/mol. The van der Waals surface area contributed by atoms with Crippen LogP contribution in [0.5, 0.6) is 0 Å². The molecule has 0 atom stereocenters. The number of phosphoric acid groups is 1. The Balaban J connectivity index is 2.01. The summed E-state index contributed by atoms with van der Waals surface area (Å²) >= 11 is 2.39. The summed E-state index contributed by atoms with van der Waals surface area (Å²) in [5.74, 6) is -3.41. The van der Waals surface area contributed by atoms with Crippen LogP contribution in [0.1, 0.15) is 64.2 Å². The van der Waals surface area contributed by atoms with Crippen LogP contribution >= 0.6 is 36.4 Å². The van der Waals surface area contributed by atoms with Crippen LogP contribution in [0.15, 0.2) is 0 Å². The van der Waals surface area contributed by atoms with Crippen LogP contribution in [-0.2, 0) is 13.4 Å². The van der Waals surface area contributed by atoms with Gasteiger partial charge < -0.3 is 9.79 Å². The number of hydrogen-bond donors (Lipinski definition) is 2. The maximum Gasteiger partial charge on any atom is 0.476 e. The normalized spacial score (nSPS) is 23.3. The quantitative estimate of drug-likeness (QED) is 0.607. The summed E-state index contributed by atoms with van der Waals surface area (Å²) in [4.78, 5) is 18.2. The zero-order valence-corrected chi connectivity index (χ0v) is 15.5. The minimum absolute atomic E-state index is 0.201. The van der Waals surface area contributed by atoms with Crippen molar-refractivity contribution in [2.75, 3.05) is 0 Å². The first-order valence-electron chi connectivity index (χ1n) is 7.60. The molecular formula is C12H24O5P2S2.